The van der Waals surface area contributed by atoms with Crippen molar-refractivity contribution in [3.05, 3.63) is 52.0 Å². The van der Waals surface area contributed by atoms with Gasteiger partial charge in [-0.3, -0.25) is 4.99 Å². The largest absolute Gasteiger partial charge is 0.434 e. The molecule has 1 heterocycles. The van der Waals surface area contributed by atoms with E-state index < -0.39 is 11.9 Å². The molecule has 0 saturated heterocycles. The third kappa shape index (κ3) is 10.1. The number of alkyl halides is 3. The van der Waals surface area contributed by atoms with Crippen molar-refractivity contribution < 1.29 is 13.2 Å². The van der Waals surface area contributed by atoms with Gasteiger partial charge in [0.05, 0.1) is 5.01 Å². The van der Waals surface area contributed by atoms with Crippen LogP contribution in [0.25, 0.3) is 0 Å². The lowest BCUT2D eigenvalue weighted by atomic mass is 10.2. The Morgan fingerprint density at radius 1 is 1.20 bits per heavy atom. The number of aromatic nitrogens is 1. The molecule has 0 saturated carbocycles. The lowest BCUT2D eigenvalue weighted by Crippen LogP contribution is -2.38. The Hall–Kier alpha value is -1.40. The Kier molecular flexibility index (Phi) is 12.3. The molecule has 2 rings (SSSR count). The zero-order valence-electron chi connectivity index (χ0n) is 17.2. The molecule has 1 aromatic heterocycles. The number of halogens is 4. The summed E-state index contributed by atoms with van der Waals surface area (Å²) in [5.74, 6) is 0.672. The summed E-state index contributed by atoms with van der Waals surface area (Å²) in [6.45, 7) is 5.67. The van der Waals surface area contributed by atoms with Crippen LogP contribution in [0.3, 0.4) is 0 Å². The lowest BCUT2D eigenvalue weighted by Gasteiger charge is -2.16. The highest BCUT2D eigenvalue weighted by Crippen LogP contribution is 2.29. The second-order valence-corrected chi connectivity index (χ2v) is 7.58. The summed E-state index contributed by atoms with van der Waals surface area (Å²) in [4.78, 5) is 10.4. The molecule has 30 heavy (non-hydrogen) atoms. The Labute approximate surface area is 197 Å². The van der Waals surface area contributed by atoms with Gasteiger partial charge in [0.2, 0.25) is 0 Å². The van der Waals surface area contributed by atoms with Crippen LogP contribution >= 0.6 is 35.3 Å². The summed E-state index contributed by atoms with van der Waals surface area (Å²) >= 11 is 1.03. The number of rotatable bonds is 10. The highest BCUT2D eigenvalue weighted by Gasteiger charge is 2.33. The SMILES string of the molecule is CCNC(=NCCCN(C)Cc1ccccc1)NCCc1nc(C(F)(F)F)cs1.I. The predicted octanol–water partition coefficient (Wildman–Crippen LogP) is 4.40. The van der Waals surface area contributed by atoms with Gasteiger partial charge in [-0.15, -0.1) is 35.3 Å². The molecule has 0 amide bonds. The Balaban J connectivity index is 0.00000450. The van der Waals surface area contributed by atoms with E-state index in [1.54, 1.807) is 0 Å². The summed E-state index contributed by atoms with van der Waals surface area (Å²) in [7, 11) is 2.09. The summed E-state index contributed by atoms with van der Waals surface area (Å²) in [5, 5.41) is 7.83. The number of hydrogen-bond acceptors (Lipinski definition) is 4. The average Bonchev–Trinajstić information content (AvgIpc) is 3.15. The summed E-state index contributed by atoms with van der Waals surface area (Å²) in [6.07, 6.45) is -3.04. The fourth-order valence-electron chi connectivity index (χ4n) is 2.69. The van der Waals surface area contributed by atoms with E-state index in [4.69, 9.17) is 0 Å². The number of nitrogens with zero attached hydrogens (tertiary/aromatic N) is 3. The highest BCUT2D eigenvalue weighted by atomic mass is 127. The van der Waals surface area contributed by atoms with Crippen molar-refractivity contribution in [1.82, 2.24) is 20.5 Å². The van der Waals surface area contributed by atoms with Gasteiger partial charge in [-0.1, -0.05) is 30.3 Å². The molecule has 0 atom stereocenters. The van der Waals surface area contributed by atoms with Crippen molar-refractivity contribution in [2.45, 2.75) is 32.5 Å². The Bertz CT molecular complexity index is 752. The smallest absolute Gasteiger partial charge is 0.357 e. The third-order valence-corrected chi connectivity index (χ3v) is 4.99. The maximum Gasteiger partial charge on any atom is 0.434 e. The van der Waals surface area contributed by atoms with E-state index in [0.29, 0.717) is 30.5 Å². The topological polar surface area (TPSA) is 52.6 Å². The van der Waals surface area contributed by atoms with Crippen LogP contribution in [-0.4, -0.2) is 49.1 Å². The first kappa shape index (κ1) is 26.6. The number of aliphatic imine (C=N–C) groups is 1. The fourth-order valence-corrected chi connectivity index (χ4v) is 3.50. The van der Waals surface area contributed by atoms with Gasteiger partial charge in [0.1, 0.15) is 0 Å². The molecule has 5 nitrogen and oxygen atoms in total. The van der Waals surface area contributed by atoms with Crippen LogP contribution in [0.4, 0.5) is 13.2 Å². The van der Waals surface area contributed by atoms with Gasteiger partial charge in [0.25, 0.3) is 0 Å². The maximum atomic E-state index is 12.6. The number of benzene rings is 1. The first-order valence-electron chi connectivity index (χ1n) is 9.64. The van der Waals surface area contributed by atoms with Crippen LogP contribution in [0.1, 0.15) is 29.6 Å². The van der Waals surface area contributed by atoms with Gasteiger partial charge in [-0.05, 0) is 32.5 Å². The summed E-state index contributed by atoms with van der Waals surface area (Å²) in [6, 6.07) is 10.3. The molecule has 10 heteroatoms. The Morgan fingerprint density at radius 2 is 1.93 bits per heavy atom. The van der Waals surface area contributed by atoms with Gasteiger partial charge in [0, 0.05) is 38.0 Å². The minimum Gasteiger partial charge on any atom is -0.357 e. The molecule has 0 unspecified atom stereocenters. The molecule has 0 bridgehead atoms. The predicted molar refractivity (Wildman–Crippen MR) is 128 cm³/mol. The van der Waals surface area contributed by atoms with Crippen molar-refractivity contribution in [2.24, 2.45) is 4.99 Å². The normalized spacial score (nSPS) is 12.0. The van der Waals surface area contributed by atoms with Crippen molar-refractivity contribution in [2.75, 3.05) is 33.2 Å². The van der Waals surface area contributed by atoms with Crippen LogP contribution in [0.15, 0.2) is 40.7 Å². The number of thiazole rings is 1. The van der Waals surface area contributed by atoms with Crippen LogP contribution in [0.5, 0.6) is 0 Å². The average molecular weight is 555 g/mol. The molecular formula is C20H29F3IN5S. The van der Waals surface area contributed by atoms with Crippen LogP contribution in [0, 0.1) is 0 Å². The van der Waals surface area contributed by atoms with Crippen molar-refractivity contribution in [1.29, 1.82) is 0 Å². The highest BCUT2D eigenvalue weighted by molar-refractivity contribution is 14.0. The lowest BCUT2D eigenvalue weighted by molar-refractivity contribution is -0.140. The van der Waals surface area contributed by atoms with Gasteiger partial charge in [-0.2, -0.15) is 13.2 Å². The molecule has 0 aliphatic heterocycles. The quantitative estimate of drug-likeness (QED) is 0.198. The van der Waals surface area contributed by atoms with Crippen LogP contribution < -0.4 is 10.6 Å². The van der Waals surface area contributed by atoms with Gasteiger partial charge in [-0.25, -0.2) is 4.98 Å². The molecule has 0 aliphatic carbocycles. The number of nitrogens with one attached hydrogen (secondary N) is 2. The molecular weight excluding hydrogens is 526 g/mol. The summed E-state index contributed by atoms with van der Waals surface area (Å²) in [5.41, 5.74) is 0.460. The van der Waals surface area contributed by atoms with Crippen LogP contribution in [-0.2, 0) is 19.1 Å². The van der Waals surface area contributed by atoms with E-state index in [-0.39, 0.29) is 24.0 Å². The molecule has 0 radical (unpaired) electrons. The van der Waals surface area contributed by atoms with Crippen molar-refractivity contribution in [3.8, 4) is 0 Å². The first-order chi connectivity index (χ1) is 13.9. The maximum absolute atomic E-state index is 12.6. The zero-order chi connectivity index (χ0) is 21.1. The number of hydrogen-bond donors (Lipinski definition) is 2. The van der Waals surface area contributed by atoms with Crippen LogP contribution in [0.2, 0.25) is 0 Å². The molecule has 168 valence electrons. The molecule has 2 aromatic rings. The monoisotopic (exact) mass is 555 g/mol. The van der Waals surface area contributed by atoms with E-state index in [1.807, 2.05) is 25.1 Å². The fraction of sp³-hybridized carbons (Fsp3) is 0.500. The second kappa shape index (κ2) is 13.8. The van der Waals surface area contributed by atoms with E-state index >= 15 is 0 Å². The first-order valence-corrected chi connectivity index (χ1v) is 10.5. The molecule has 0 aliphatic rings. The van der Waals surface area contributed by atoms with Gasteiger partial charge < -0.3 is 15.5 Å². The molecule has 2 N–H and O–H groups in total. The van der Waals surface area contributed by atoms with Gasteiger partial charge >= 0.3 is 6.18 Å². The van der Waals surface area contributed by atoms with E-state index in [2.05, 4.69) is 44.7 Å². The van der Waals surface area contributed by atoms with Gasteiger partial charge in [0.15, 0.2) is 11.7 Å². The molecule has 0 spiro atoms. The zero-order valence-corrected chi connectivity index (χ0v) is 20.4. The Morgan fingerprint density at radius 3 is 2.57 bits per heavy atom. The van der Waals surface area contributed by atoms with E-state index in [1.165, 1.54) is 5.56 Å². The molecule has 1 aromatic carbocycles. The third-order valence-electron chi connectivity index (χ3n) is 4.08. The molecule has 0 fully saturated rings. The minimum atomic E-state index is -4.38. The second-order valence-electron chi connectivity index (χ2n) is 6.64. The van der Waals surface area contributed by atoms with E-state index in [9.17, 15) is 13.2 Å². The van der Waals surface area contributed by atoms with Crippen molar-refractivity contribution in [3.63, 3.8) is 0 Å². The summed E-state index contributed by atoms with van der Waals surface area (Å²) < 4.78 is 37.8. The minimum absolute atomic E-state index is 0. The van der Waals surface area contributed by atoms with E-state index in [0.717, 1.165) is 42.8 Å². The number of guanidine groups is 1. The van der Waals surface area contributed by atoms with Crippen molar-refractivity contribution >= 4 is 41.3 Å². The standard InChI is InChI=1S/C20H28F3N5S.HI/c1-3-24-19(26-12-10-18-27-17(15-29-18)20(21,22)23)25-11-7-13-28(2)14-16-8-5-4-6-9-16;/h4-6,8-9,15H,3,7,10-14H2,1-2H3,(H2,24,25,26);1H.